The van der Waals surface area contributed by atoms with Gasteiger partial charge in [-0.25, -0.2) is 0 Å². The maximum Gasteiger partial charge on any atom is 0.126 e. The van der Waals surface area contributed by atoms with E-state index < -0.39 is 0 Å². The van der Waals surface area contributed by atoms with Gasteiger partial charge in [-0.3, -0.25) is 0 Å². The van der Waals surface area contributed by atoms with E-state index in [-0.39, 0.29) is 5.41 Å². The molecule has 0 aromatic heterocycles. The van der Waals surface area contributed by atoms with Gasteiger partial charge < -0.3 is 10.2 Å². The molecule has 7 rings (SSSR count). The molecule has 38 heavy (non-hydrogen) atoms. The normalized spacial score (nSPS) is 25.0. The SMILES string of the molecule is Cc1cc(C2(c3cc(C)c(O)c(-c4ccccc4)c3)CC3CC2C2CCCC32)cc(-c2ccccc2)c1O. The highest BCUT2D eigenvalue weighted by Gasteiger charge is 2.62. The predicted molar refractivity (Wildman–Crippen MR) is 154 cm³/mol. The zero-order valence-electron chi connectivity index (χ0n) is 22.3. The first-order chi connectivity index (χ1) is 18.5. The molecular formula is C36H36O2. The summed E-state index contributed by atoms with van der Waals surface area (Å²) in [5.74, 6) is 3.72. The molecule has 0 saturated heterocycles. The molecule has 4 atom stereocenters. The van der Waals surface area contributed by atoms with E-state index in [4.69, 9.17) is 0 Å². The van der Waals surface area contributed by atoms with E-state index in [2.05, 4.69) is 48.5 Å². The molecule has 0 heterocycles. The summed E-state index contributed by atoms with van der Waals surface area (Å²) in [6.07, 6.45) is 6.51. The molecular weight excluding hydrogens is 464 g/mol. The Morgan fingerprint density at radius 3 is 1.68 bits per heavy atom. The minimum Gasteiger partial charge on any atom is -0.507 e. The molecule has 0 amide bonds. The maximum absolute atomic E-state index is 11.2. The minimum atomic E-state index is -0.125. The predicted octanol–water partition coefficient (Wildman–Crippen LogP) is 8.79. The van der Waals surface area contributed by atoms with Crippen molar-refractivity contribution >= 4 is 0 Å². The third-order valence-electron chi connectivity index (χ3n) is 10.3. The van der Waals surface area contributed by atoms with Gasteiger partial charge in [0.15, 0.2) is 0 Å². The van der Waals surface area contributed by atoms with E-state index in [1.165, 1.54) is 36.8 Å². The smallest absolute Gasteiger partial charge is 0.126 e. The first kappa shape index (κ1) is 23.6. The Morgan fingerprint density at radius 1 is 0.658 bits per heavy atom. The van der Waals surface area contributed by atoms with Gasteiger partial charge in [0.05, 0.1) is 0 Å². The Balaban J connectivity index is 1.48. The Kier molecular flexibility index (Phi) is 5.44. The van der Waals surface area contributed by atoms with Crippen LogP contribution in [0.4, 0.5) is 0 Å². The van der Waals surface area contributed by atoms with E-state index >= 15 is 0 Å². The van der Waals surface area contributed by atoms with Crippen LogP contribution in [0, 0.1) is 37.5 Å². The monoisotopic (exact) mass is 500 g/mol. The summed E-state index contributed by atoms with van der Waals surface area (Å²) in [6.45, 7) is 4.09. The van der Waals surface area contributed by atoms with E-state index in [0.717, 1.165) is 57.6 Å². The van der Waals surface area contributed by atoms with Crippen molar-refractivity contribution in [1.29, 1.82) is 0 Å². The molecule has 3 aliphatic carbocycles. The highest BCUT2D eigenvalue weighted by Crippen LogP contribution is 2.68. The van der Waals surface area contributed by atoms with Crippen molar-refractivity contribution in [2.75, 3.05) is 0 Å². The molecule has 0 spiro atoms. The number of rotatable bonds is 4. The molecule has 4 aromatic carbocycles. The largest absolute Gasteiger partial charge is 0.507 e. The number of aromatic hydroxyl groups is 2. The molecule has 4 aromatic rings. The van der Waals surface area contributed by atoms with Gasteiger partial charge >= 0.3 is 0 Å². The van der Waals surface area contributed by atoms with Gasteiger partial charge in [-0.2, -0.15) is 0 Å². The van der Waals surface area contributed by atoms with Crippen LogP contribution in [-0.2, 0) is 5.41 Å². The number of fused-ring (bicyclic) bond motifs is 5. The van der Waals surface area contributed by atoms with Gasteiger partial charge in [-0.1, -0.05) is 79.2 Å². The van der Waals surface area contributed by atoms with Gasteiger partial charge in [0.25, 0.3) is 0 Å². The minimum absolute atomic E-state index is 0.125. The Morgan fingerprint density at radius 2 is 1.16 bits per heavy atom. The van der Waals surface area contributed by atoms with Crippen LogP contribution in [-0.4, -0.2) is 10.2 Å². The second kappa shape index (κ2) is 8.76. The number of hydrogen-bond acceptors (Lipinski definition) is 2. The lowest BCUT2D eigenvalue weighted by Crippen LogP contribution is -2.40. The van der Waals surface area contributed by atoms with Crippen molar-refractivity contribution in [1.82, 2.24) is 0 Å². The fourth-order valence-corrected chi connectivity index (χ4v) is 8.72. The number of phenolic OH excluding ortho intramolecular Hbond substituents is 2. The third kappa shape index (κ3) is 3.39. The van der Waals surface area contributed by atoms with E-state index in [0.29, 0.717) is 17.4 Å². The Hall–Kier alpha value is -3.52. The standard InChI is InChI=1S/C36H36O2/c1-22-16-27(19-31(34(22)37)24-10-5-3-6-11-24)36(21-26-18-33(36)30-15-9-14-29(26)30)28-17-23(2)35(38)32(20-28)25-12-7-4-8-13-25/h3-8,10-13,16-17,19-20,26,29-30,33,37-38H,9,14-15,18,21H2,1-2H3. The highest BCUT2D eigenvalue weighted by molar-refractivity contribution is 5.76. The average molecular weight is 501 g/mol. The number of hydrogen-bond donors (Lipinski definition) is 2. The lowest BCUT2D eigenvalue weighted by atomic mass is 9.58. The summed E-state index contributed by atoms with van der Waals surface area (Å²) < 4.78 is 0. The van der Waals surface area contributed by atoms with Crippen LogP contribution >= 0.6 is 0 Å². The van der Waals surface area contributed by atoms with Crippen LogP contribution in [0.1, 0.15) is 54.4 Å². The summed E-state index contributed by atoms with van der Waals surface area (Å²) >= 11 is 0. The molecule has 2 heteroatoms. The topological polar surface area (TPSA) is 40.5 Å². The van der Waals surface area contributed by atoms with Crippen LogP contribution in [0.3, 0.4) is 0 Å². The summed E-state index contributed by atoms with van der Waals surface area (Å²) in [6, 6.07) is 29.7. The van der Waals surface area contributed by atoms with Crippen LogP contribution in [0.2, 0.25) is 0 Å². The molecule has 3 fully saturated rings. The molecule has 2 nitrogen and oxygen atoms in total. The van der Waals surface area contributed by atoms with Crippen LogP contribution < -0.4 is 0 Å². The molecule has 0 aliphatic heterocycles. The van der Waals surface area contributed by atoms with E-state index in [9.17, 15) is 10.2 Å². The van der Waals surface area contributed by atoms with Crippen molar-refractivity contribution in [3.05, 3.63) is 107 Å². The Labute approximate surface area is 226 Å². The fraction of sp³-hybridized carbons (Fsp3) is 0.333. The summed E-state index contributed by atoms with van der Waals surface area (Å²) in [5.41, 5.74) is 8.35. The quantitative estimate of drug-likeness (QED) is 0.294. The maximum atomic E-state index is 11.2. The first-order valence-electron chi connectivity index (χ1n) is 14.3. The van der Waals surface area contributed by atoms with Crippen molar-refractivity contribution < 1.29 is 10.2 Å². The number of benzene rings is 4. The van der Waals surface area contributed by atoms with Gasteiger partial charge in [0, 0.05) is 16.5 Å². The highest BCUT2D eigenvalue weighted by atomic mass is 16.3. The second-order valence-corrected chi connectivity index (χ2v) is 12.1. The van der Waals surface area contributed by atoms with Crippen LogP contribution in [0.5, 0.6) is 11.5 Å². The van der Waals surface area contributed by atoms with Crippen molar-refractivity contribution in [3.63, 3.8) is 0 Å². The molecule has 3 aliphatic rings. The lowest BCUT2D eigenvalue weighted by molar-refractivity contribution is 0.181. The van der Waals surface area contributed by atoms with Crippen molar-refractivity contribution in [3.8, 4) is 33.8 Å². The third-order valence-corrected chi connectivity index (χ3v) is 10.3. The Bertz CT molecular complexity index is 1410. The molecule has 2 N–H and O–H groups in total. The van der Waals surface area contributed by atoms with Gasteiger partial charge in [-0.05, 0) is 109 Å². The van der Waals surface area contributed by atoms with Gasteiger partial charge in [-0.15, -0.1) is 0 Å². The molecule has 192 valence electrons. The fourth-order valence-electron chi connectivity index (χ4n) is 8.72. The molecule has 4 unspecified atom stereocenters. The average Bonchev–Trinajstić information content (AvgIpc) is 3.66. The second-order valence-electron chi connectivity index (χ2n) is 12.1. The molecule has 2 bridgehead atoms. The molecule has 0 radical (unpaired) electrons. The van der Waals surface area contributed by atoms with E-state index in [1.807, 2.05) is 50.2 Å². The lowest BCUT2D eigenvalue weighted by Gasteiger charge is -2.45. The summed E-state index contributed by atoms with van der Waals surface area (Å²) in [5, 5.41) is 22.4. The zero-order valence-corrected chi connectivity index (χ0v) is 22.3. The van der Waals surface area contributed by atoms with Gasteiger partial charge in [0.1, 0.15) is 11.5 Å². The van der Waals surface area contributed by atoms with Gasteiger partial charge in [0.2, 0.25) is 0 Å². The van der Waals surface area contributed by atoms with Crippen molar-refractivity contribution in [2.45, 2.75) is 51.4 Å². The summed E-state index contributed by atoms with van der Waals surface area (Å²) in [7, 11) is 0. The van der Waals surface area contributed by atoms with Crippen LogP contribution in [0.25, 0.3) is 22.3 Å². The summed E-state index contributed by atoms with van der Waals surface area (Å²) in [4.78, 5) is 0. The number of phenols is 2. The van der Waals surface area contributed by atoms with Crippen LogP contribution in [0.15, 0.2) is 84.9 Å². The zero-order chi connectivity index (χ0) is 26.0. The van der Waals surface area contributed by atoms with Crippen molar-refractivity contribution in [2.24, 2.45) is 23.7 Å². The first-order valence-corrected chi connectivity index (χ1v) is 14.3. The molecule has 3 saturated carbocycles. The number of aryl methyl sites for hydroxylation is 2. The van der Waals surface area contributed by atoms with E-state index in [1.54, 1.807) is 0 Å².